The van der Waals surface area contributed by atoms with E-state index in [0.29, 0.717) is 17.8 Å². The highest BCUT2D eigenvalue weighted by atomic mass is 19.1. The van der Waals surface area contributed by atoms with Gasteiger partial charge in [-0.25, -0.2) is 9.37 Å². The van der Waals surface area contributed by atoms with Crippen molar-refractivity contribution in [3.63, 3.8) is 0 Å². The Morgan fingerprint density at radius 1 is 1.08 bits per heavy atom. The summed E-state index contributed by atoms with van der Waals surface area (Å²) in [5.41, 5.74) is 2.25. The quantitative estimate of drug-likeness (QED) is 0.533. The molecule has 1 atom stereocenters. The Bertz CT molecular complexity index is 1270. The van der Waals surface area contributed by atoms with Crippen LogP contribution in [-0.4, -0.2) is 68.5 Å². The lowest BCUT2D eigenvalue weighted by Crippen LogP contribution is -2.45. The first-order chi connectivity index (χ1) is 17.4. The van der Waals surface area contributed by atoms with Gasteiger partial charge in [0.15, 0.2) is 5.82 Å². The summed E-state index contributed by atoms with van der Waals surface area (Å²) in [7, 11) is 0. The molecule has 8 nitrogen and oxygen atoms in total. The molecule has 9 heteroatoms. The minimum atomic E-state index is -0.691. The molecule has 2 aliphatic heterocycles. The zero-order valence-electron chi connectivity index (χ0n) is 21.6. The standard InChI is InChI=1S/C27H35FN8/c1-5-34-12-14-35(15-13-34)18-22-6-7-25(33-32-22)31-27(8-10-29-11-9-27)21-16-23(28)26-24(17-21)36(19(2)3)20(4)30-26/h6-8,10-11,16-17,19H,5,9,12-15,18H2,1-4H3,(H,31,33). The Morgan fingerprint density at radius 2 is 1.86 bits per heavy atom. The van der Waals surface area contributed by atoms with Crippen molar-refractivity contribution >= 4 is 23.1 Å². The topological polar surface area (TPSA) is 74.5 Å². The van der Waals surface area contributed by atoms with E-state index in [-0.39, 0.29) is 11.9 Å². The number of halogens is 1. The maximum atomic E-state index is 15.3. The summed E-state index contributed by atoms with van der Waals surface area (Å²) in [5, 5.41) is 12.5. The maximum Gasteiger partial charge on any atom is 0.151 e. The number of hydrogen-bond donors (Lipinski definition) is 1. The number of piperazine rings is 1. The highest BCUT2D eigenvalue weighted by Crippen LogP contribution is 2.35. The first-order valence-electron chi connectivity index (χ1n) is 12.8. The van der Waals surface area contributed by atoms with Crippen LogP contribution in [0.4, 0.5) is 10.2 Å². The molecule has 190 valence electrons. The predicted molar refractivity (Wildman–Crippen MR) is 142 cm³/mol. The summed E-state index contributed by atoms with van der Waals surface area (Å²) in [6.45, 7) is 14.5. The summed E-state index contributed by atoms with van der Waals surface area (Å²) >= 11 is 0. The highest BCUT2D eigenvalue weighted by molar-refractivity contribution is 5.79. The number of benzene rings is 1. The van der Waals surface area contributed by atoms with Gasteiger partial charge < -0.3 is 14.8 Å². The first-order valence-corrected chi connectivity index (χ1v) is 12.8. The summed E-state index contributed by atoms with van der Waals surface area (Å²) in [4.78, 5) is 13.6. The molecule has 1 fully saturated rings. The third-order valence-electron chi connectivity index (χ3n) is 7.29. The van der Waals surface area contributed by atoms with Crippen molar-refractivity contribution in [2.24, 2.45) is 4.99 Å². The number of anilines is 1. The van der Waals surface area contributed by atoms with E-state index in [1.165, 1.54) is 0 Å². The largest absolute Gasteiger partial charge is 0.355 e. The summed E-state index contributed by atoms with van der Waals surface area (Å²) in [6, 6.07) is 7.76. The molecule has 0 radical (unpaired) electrons. The van der Waals surface area contributed by atoms with Gasteiger partial charge in [-0.05, 0) is 63.2 Å². The van der Waals surface area contributed by atoms with E-state index in [1.807, 2.05) is 37.4 Å². The van der Waals surface area contributed by atoms with Crippen molar-refractivity contribution in [1.29, 1.82) is 0 Å². The van der Waals surface area contributed by atoms with E-state index in [0.717, 1.165) is 61.9 Å². The summed E-state index contributed by atoms with van der Waals surface area (Å²) in [6.07, 6.45) is 6.13. The summed E-state index contributed by atoms with van der Waals surface area (Å²) < 4.78 is 17.4. The fourth-order valence-electron chi connectivity index (χ4n) is 5.29. The highest BCUT2D eigenvalue weighted by Gasteiger charge is 2.32. The van der Waals surface area contributed by atoms with Crippen LogP contribution in [0.25, 0.3) is 11.0 Å². The number of imidazole rings is 1. The molecular weight excluding hydrogens is 455 g/mol. The van der Waals surface area contributed by atoms with E-state index in [2.05, 4.69) is 60.6 Å². The molecule has 3 aromatic rings. The third kappa shape index (κ3) is 4.77. The SMILES string of the molecule is CCN1CCN(Cc2ccc(NC3(c4cc(F)c5nc(C)n(C(C)C)c5c4)C=CN=CC3)nn2)CC1. The van der Waals surface area contributed by atoms with Crippen molar-refractivity contribution < 1.29 is 4.39 Å². The molecular formula is C27H35FN8. The lowest BCUT2D eigenvalue weighted by atomic mass is 9.85. The van der Waals surface area contributed by atoms with Crippen molar-refractivity contribution in [2.45, 2.75) is 52.2 Å². The zero-order chi connectivity index (χ0) is 25.3. The summed E-state index contributed by atoms with van der Waals surface area (Å²) in [5.74, 6) is 1.12. The van der Waals surface area contributed by atoms with E-state index in [1.54, 1.807) is 12.3 Å². The monoisotopic (exact) mass is 490 g/mol. The number of hydrogen-bond acceptors (Lipinski definition) is 7. The first kappa shape index (κ1) is 24.5. The number of aryl methyl sites for hydroxylation is 1. The number of fused-ring (bicyclic) bond motifs is 1. The van der Waals surface area contributed by atoms with Crippen LogP contribution < -0.4 is 5.32 Å². The van der Waals surface area contributed by atoms with Crippen LogP contribution >= 0.6 is 0 Å². The minimum absolute atomic E-state index is 0.167. The second-order valence-electron chi connectivity index (χ2n) is 10.0. The maximum absolute atomic E-state index is 15.3. The number of aromatic nitrogens is 4. The van der Waals surface area contributed by atoms with Gasteiger partial charge in [-0.2, -0.15) is 5.10 Å². The molecule has 1 unspecified atom stereocenters. The molecule has 0 saturated carbocycles. The van der Waals surface area contributed by atoms with Crippen molar-refractivity contribution in [3.05, 3.63) is 59.4 Å². The van der Waals surface area contributed by atoms with Crippen LogP contribution in [0, 0.1) is 12.7 Å². The smallest absolute Gasteiger partial charge is 0.151 e. The number of likely N-dealkylation sites (N-methyl/N-ethyl adjacent to an activating group) is 1. The van der Waals surface area contributed by atoms with Gasteiger partial charge in [0.2, 0.25) is 0 Å². The second-order valence-corrected chi connectivity index (χ2v) is 10.0. The Hall–Kier alpha value is -3.17. The van der Waals surface area contributed by atoms with Crippen molar-refractivity contribution in [3.8, 4) is 0 Å². The number of nitrogens with one attached hydrogen (secondary N) is 1. The van der Waals surface area contributed by atoms with Gasteiger partial charge >= 0.3 is 0 Å². The third-order valence-corrected chi connectivity index (χ3v) is 7.29. The Kier molecular flexibility index (Phi) is 6.85. The van der Waals surface area contributed by atoms with Gasteiger partial charge in [0.1, 0.15) is 17.2 Å². The van der Waals surface area contributed by atoms with Crippen LogP contribution in [0.5, 0.6) is 0 Å². The van der Waals surface area contributed by atoms with Crippen LogP contribution in [-0.2, 0) is 12.1 Å². The van der Waals surface area contributed by atoms with Gasteiger partial charge in [-0.15, -0.1) is 5.10 Å². The molecule has 5 rings (SSSR count). The van der Waals surface area contributed by atoms with Crippen LogP contribution in [0.15, 0.2) is 41.5 Å². The molecule has 1 saturated heterocycles. The Labute approximate surface area is 211 Å². The molecule has 4 heterocycles. The molecule has 0 bridgehead atoms. The Morgan fingerprint density at radius 3 is 2.50 bits per heavy atom. The lowest BCUT2D eigenvalue weighted by molar-refractivity contribution is 0.130. The van der Waals surface area contributed by atoms with E-state index in [9.17, 15) is 0 Å². The van der Waals surface area contributed by atoms with Crippen LogP contribution in [0.1, 0.15) is 50.3 Å². The molecule has 0 amide bonds. The van der Waals surface area contributed by atoms with Gasteiger partial charge in [-0.1, -0.05) is 6.92 Å². The van der Waals surface area contributed by atoms with Crippen molar-refractivity contribution in [1.82, 2.24) is 29.5 Å². The van der Waals surface area contributed by atoms with Gasteiger partial charge in [0, 0.05) is 57.6 Å². The molecule has 0 aliphatic carbocycles. The van der Waals surface area contributed by atoms with Gasteiger partial charge in [0.25, 0.3) is 0 Å². The lowest BCUT2D eigenvalue weighted by Gasteiger charge is -2.34. The predicted octanol–water partition coefficient (Wildman–Crippen LogP) is 4.29. The zero-order valence-corrected chi connectivity index (χ0v) is 21.6. The number of aliphatic imine (C=N–C) groups is 1. The molecule has 36 heavy (non-hydrogen) atoms. The average Bonchev–Trinajstić information content (AvgIpc) is 3.23. The normalized spacial score (nSPS) is 21.1. The van der Waals surface area contributed by atoms with Gasteiger partial charge in [-0.3, -0.25) is 9.89 Å². The Balaban J connectivity index is 1.41. The van der Waals surface area contributed by atoms with Crippen LogP contribution in [0.2, 0.25) is 0 Å². The average molecular weight is 491 g/mol. The molecule has 1 N–H and O–H groups in total. The molecule has 1 aromatic carbocycles. The van der Waals surface area contributed by atoms with E-state index < -0.39 is 5.54 Å². The minimum Gasteiger partial charge on any atom is -0.355 e. The van der Waals surface area contributed by atoms with E-state index >= 15 is 4.39 Å². The molecule has 2 aromatic heterocycles. The molecule has 0 spiro atoms. The van der Waals surface area contributed by atoms with Crippen LogP contribution in [0.3, 0.4) is 0 Å². The fraction of sp³-hybridized carbons (Fsp3) is 0.481. The van der Waals surface area contributed by atoms with E-state index in [4.69, 9.17) is 0 Å². The molecule has 2 aliphatic rings. The van der Waals surface area contributed by atoms with Gasteiger partial charge in [0.05, 0.1) is 16.7 Å². The number of rotatable bonds is 7. The number of nitrogens with zero attached hydrogens (tertiary/aromatic N) is 7. The van der Waals surface area contributed by atoms with Crippen molar-refractivity contribution in [2.75, 3.05) is 38.0 Å². The fourth-order valence-corrected chi connectivity index (χ4v) is 5.29. The second kappa shape index (κ2) is 10.1.